The summed E-state index contributed by atoms with van der Waals surface area (Å²) in [7, 11) is 0. The van der Waals surface area contributed by atoms with Gasteiger partial charge in [-0.1, -0.05) is 30.7 Å². The molecule has 4 heteroatoms. The van der Waals surface area contributed by atoms with E-state index in [-0.39, 0.29) is 6.04 Å². The number of hydrogen-bond donors (Lipinski definition) is 1. The molecule has 1 unspecified atom stereocenters. The Morgan fingerprint density at radius 2 is 1.90 bits per heavy atom. The van der Waals surface area contributed by atoms with Crippen LogP contribution >= 0.6 is 11.6 Å². The van der Waals surface area contributed by atoms with E-state index in [1.807, 2.05) is 32.0 Å². The van der Waals surface area contributed by atoms with Crippen LogP contribution in [0.25, 0.3) is 0 Å². The number of rotatable bonds is 5. The van der Waals surface area contributed by atoms with E-state index in [0.717, 1.165) is 23.3 Å². The Labute approximate surface area is 128 Å². The number of aryl methyl sites for hydroxylation is 1. The van der Waals surface area contributed by atoms with Gasteiger partial charge in [-0.2, -0.15) is 0 Å². The highest BCUT2D eigenvalue weighted by molar-refractivity contribution is 6.31. The Balaban J connectivity index is 2.32. The molecular weight excluding hydrogens is 292 g/mol. The molecule has 0 heterocycles. The first-order valence-corrected chi connectivity index (χ1v) is 7.32. The zero-order chi connectivity index (χ0) is 15.4. The molecule has 0 fully saturated rings. The van der Waals surface area contributed by atoms with Crippen LogP contribution in [0.3, 0.4) is 0 Å². The van der Waals surface area contributed by atoms with Crippen LogP contribution in [0.2, 0.25) is 5.02 Å². The molecular formula is C17H18ClF2N. The highest BCUT2D eigenvalue weighted by atomic mass is 35.5. The van der Waals surface area contributed by atoms with Crippen molar-refractivity contribution < 1.29 is 8.78 Å². The second-order valence-corrected chi connectivity index (χ2v) is 5.48. The van der Waals surface area contributed by atoms with Crippen molar-refractivity contribution in [1.29, 1.82) is 0 Å². The van der Waals surface area contributed by atoms with Gasteiger partial charge in [0.1, 0.15) is 11.6 Å². The van der Waals surface area contributed by atoms with Gasteiger partial charge in [-0.15, -0.1) is 0 Å². The topological polar surface area (TPSA) is 12.0 Å². The third kappa shape index (κ3) is 4.02. The zero-order valence-corrected chi connectivity index (χ0v) is 12.8. The zero-order valence-electron chi connectivity index (χ0n) is 12.1. The predicted octanol–water partition coefficient (Wildman–Crippen LogP) is 4.82. The van der Waals surface area contributed by atoms with Crippen molar-refractivity contribution >= 4 is 11.6 Å². The summed E-state index contributed by atoms with van der Waals surface area (Å²) in [6.45, 7) is 4.55. The van der Waals surface area contributed by atoms with Crippen molar-refractivity contribution in [3.05, 3.63) is 69.7 Å². The third-order valence-corrected chi connectivity index (χ3v) is 3.77. The molecule has 1 atom stereocenters. The molecule has 0 spiro atoms. The molecule has 112 valence electrons. The summed E-state index contributed by atoms with van der Waals surface area (Å²) in [6, 6.07) is 8.98. The Bertz CT molecular complexity index is 628. The third-order valence-electron chi connectivity index (χ3n) is 3.42. The molecule has 0 saturated carbocycles. The summed E-state index contributed by atoms with van der Waals surface area (Å²) < 4.78 is 27.4. The Morgan fingerprint density at radius 3 is 2.57 bits per heavy atom. The minimum atomic E-state index is -0.440. The van der Waals surface area contributed by atoms with Gasteiger partial charge in [0.05, 0.1) is 0 Å². The smallest absolute Gasteiger partial charge is 0.128 e. The van der Waals surface area contributed by atoms with Crippen LogP contribution in [-0.2, 0) is 6.42 Å². The van der Waals surface area contributed by atoms with Gasteiger partial charge in [-0.05, 0) is 55.3 Å². The highest BCUT2D eigenvalue weighted by Gasteiger charge is 2.17. The van der Waals surface area contributed by atoms with E-state index in [9.17, 15) is 8.78 Å². The lowest BCUT2D eigenvalue weighted by Gasteiger charge is -2.20. The predicted molar refractivity (Wildman–Crippen MR) is 82.7 cm³/mol. The lowest BCUT2D eigenvalue weighted by atomic mass is 9.97. The lowest BCUT2D eigenvalue weighted by Crippen LogP contribution is -2.24. The lowest BCUT2D eigenvalue weighted by molar-refractivity contribution is 0.502. The molecule has 0 bridgehead atoms. The molecule has 0 aliphatic rings. The molecule has 2 rings (SSSR count). The van der Waals surface area contributed by atoms with Crippen LogP contribution < -0.4 is 5.32 Å². The van der Waals surface area contributed by atoms with Crippen molar-refractivity contribution in [3.63, 3.8) is 0 Å². The number of nitrogens with one attached hydrogen (secondary N) is 1. The molecule has 0 radical (unpaired) electrons. The molecule has 0 saturated heterocycles. The average Bonchev–Trinajstić information content (AvgIpc) is 2.44. The first-order valence-electron chi connectivity index (χ1n) is 6.94. The minimum Gasteiger partial charge on any atom is -0.310 e. The van der Waals surface area contributed by atoms with Crippen LogP contribution in [0.5, 0.6) is 0 Å². The molecule has 1 nitrogen and oxygen atoms in total. The maximum absolute atomic E-state index is 14.0. The van der Waals surface area contributed by atoms with E-state index < -0.39 is 11.6 Å². The van der Waals surface area contributed by atoms with E-state index in [2.05, 4.69) is 5.32 Å². The molecule has 1 N–H and O–H groups in total. The van der Waals surface area contributed by atoms with Crippen molar-refractivity contribution in [1.82, 2.24) is 5.32 Å². The van der Waals surface area contributed by atoms with Crippen LogP contribution in [0.4, 0.5) is 8.78 Å². The van der Waals surface area contributed by atoms with E-state index in [1.165, 1.54) is 6.07 Å². The van der Waals surface area contributed by atoms with Gasteiger partial charge < -0.3 is 5.32 Å². The summed E-state index contributed by atoms with van der Waals surface area (Å²) in [5.74, 6) is -0.852. The monoisotopic (exact) mass is 309 g/mol. The summed E-state index contributed by atoms with van der Waals surface area (Å²) >= 11 is 6.24. The maximum Gasteiger partial charge on any atom is 0.128 e. The second kappa shape index (κ2) is 7.01. The summed E-state index contributed by atoms with van der Waals surface area (Å²) in [4.78, 5) is 0. The average molecular weight is 310 g/mol. The van der Waals surface area contributed by atoms with Crippen LogP contribution in [0.1, 0.15) is 29.7 Å². The van der Waals surface area contributed by atoms with Crippen LogP contribution in [0.15, 0.2) is 36.4 Å². The Morgan fingerprint density at radius 1 is 1.14 bits per heavy atom. The fourth-order valence-electron chi connectivity index (χ4n) is 2.36. The van der Waals surface area contributed by atoms with E-state index in [4.69, 9.17) is 11.6 Å². The number of likely N-dealkylation sites (N-methyl/N-ethyl adjacent to an activating group) is 1. The highest BCUT2D eigenvalue weighted by Crippen LogP contribution is 2.26. The summed E-state index contributed by atoms with van der Waals surface area (Å²) in [5.41, 5.74) is 2.31. The SMILES string of the molecule is CCNC(Cc1ccc(C)cc1Cl)c1cc(F)ccc1F. The van der Waals surface area contributed by atoms with Gasteiger partial charge in [-0.25, -0.2) is 8.78 Å². The van der Waals surface area contributed by atoms with Crippen molar-refractivity contribution in [2.75, 3.05) is 6.54 Å². The first-order chi connectivity index (χ1) is 10.0. The van der Waals surface area contributed by atoms with Crippen LogP contribution in [-0.4, -0.2) is 6.54 Å². The molecule has 21 heavy (non-hydrogen) atoms. The molecule has 2 aromatic carbocycles. The van der Waals surface area contributed by atoms with Gasteiger partial charge in [0.15, 0.2) is 0 Å². The largest absolute Gasteiger partial charge is 0.310 e. The summed E-state index contributed by atoms with van der Waals surface area (Å²) in [5, 5.41) is 3.84. The van der Waals surface area contributed by atoms with Crippen molar-refractivity contribution in [2.45, 2.75) is 26.3 Å². The number of halogens is 3. The Hall–Kier alpha value is -1.45. The normalized spacial score (nSPS) is 12.4. The molecule has 0 amide bonds. The van der Waals surface area contributed by atoms with Crippen molar-refractivity contribution in [2.24, 2.45) is 0 Å². The van der Waals surface area contributed by atoms with E-state index in [0.29, 0.717) is 23.6 Å². The fraction of sp³-hybridized carbons (Fsp3) is 0.294. The van der Waals surface area contributed by atoms with Crippen molar-refractivity contribution in [3.8, 4) is 0 Å². The van der Waals surface area contributed by atoms with Crippen LogP contribution in [0, 0.1) is 18.6 Å². The van der Waals surface area contributed by atoms with Gasteiger partial charge in [-0.3, -0.25) is 0 Å². The van der Waals surface area contributed by atoms with Gasteiger partial charge >= 0.3 is 0 Å². The second-order valence-electron chi connectivity index (χ2n) is 5.08. The van der Waals surface area contributed by atoms with E-state index in [1.54, 1.807) is 0 Å². The minimum absolute atomic E-state index is 0.314. The summed E-state index contributed by atoms with van der Waals surface area (Å²) in [6.07, 6.45) is 0.507. The van der Waals surface area contributed by atoms with Gasteiger partial charge in [0.25, 0.3) is 0 Å². The first kappa shape index (κ1) is 15.9. The fourth-order valence-corrected chi connectivity index (χ4v) is 2.67. The molecule has 0 aromatic heterocycles. The van der Waals surface area contributed by atoms with E-state index >= 15 is 0 Å². The van der Waals surface area contributed by atoms with Gasteiger partial charge in [0.2, 0.25) is 0 Å². The molecule has 0 aliphatic carbocycles. The number of hydrogen-bond acceptors (Lipinski definition) is 1. The quantitative estimate of drug-likeness (QED) is 0.835. The number of benzene rings is 2. The molecule has 0 aliphatic heterocycles. The standard InChI is InChI=1S/C17H18ClF2N/c1-3-21-17(14-10-13(19)6-7-16(14)20)9-12-5-4-11(2)8-15(12)18/h4-8,10,17,21H,3,9H2,1-2H3. The van der Waals surface area contributed by atoms with Gasteiger partial charge in [0, 0.05) is 16.6 Å². The maximum atomic E-state index is 14.0. The Kier molecular flexibility index (Phi) is 5.32. The molecule has 2 aromatic rings.